The van der Waals surface area contributed by atoms with Gasteiger partial charge in [0.2, 0.25) is 5.91 Å². The van der Waals surface area contributed by atoms with Crippen LogP contribution in [0.3, 0.4) is 0 Å². The molecule has 1 N–H and O–H groups in total. The lowest BCUT2D eigenvalue weighted by Gasteiger charge is -2.25. The van der Waals surface area contributed by atoms with Gasteiger partial charge in [0, 0.05) is 32.7 Å². The summed E-state index contributed by atoms with van der Waals surface area (Å²) in [7, 11) is -2.31. The second kappa shape index (κ2) is 11.7. The Morgan fingerprint density at radius 2 is 1.81 bits per heavy atom. The van der Waals surface area contributed by atoms with Crippen LogP contribution in [0.1, 0.15) is 30.9 Å². The number of nitrogens with zero attached hydrogens (tertiary/aromatic N) is 1. The molecule has 2 rings (SSSR count). The molecule has 0 radical (unpaired) electrons. The molecule has 170 valence electrons. The van der Waals surface area contributed by atoms with Gasteiger partial charge in [0.05, 0.1) is 17.7 Å². The number of nitrogens with one attached hydrogen (secondary N) is 1. The molecule has 0 saturated carbocycles. The number of sulfonamides is 1. The lowest BCUT2D eigenvalue weighted by Crippen LogP contribution is -2.36. The van der Waals surface area contributed by atoms with Crippen LogP contribution in [0, 0.1) is 13.8 Å². The van der Waals surface area contributed by atoms with Gasteiger partial charge in [-0.05, 0) is 63.1 Å². The number of methoxy groups -OCH3 is 1. The van der Waals surface area contributed by atoms with E-state index < -0.39 is 10.0 Å². The highest BCUT2D eigenvalue weighted by Gasteiger charge is 2.27. The second-order valence-electron chi connectivity index (χ2n) is 7.19. The number of amides is 1. The number of carbonyl (C=O) groups is 1. The molecule has 7 nitrogen and oxygen atoms in total. The molecule has 0 aliphatic carbocycles. The van der Waals surface area contributed by atoms with Crippen LogP contribution in [-0.4, -0.2) is 47.7 Å². The first-order valence-corrected chi connectivity index (χ1v) is 11.8. The van der Waals surface area contributed by atoms with Gasteiger partial charge in [-0.3, -0.25) is 9.10 Å². The Balaban J connectivity index is 2.21. The van der Waals surface area contributed by atoms with E-state index in [1.165, 1.54) is 4.31 Å². The van der Waals surface area contributed by atoms with E-state index in [9.17, 15) is 13.2 Å². The lowest BCUT2D eigenvalue weighted by molar-refractivity contribution is -0.120. The predicted molar refractivity (Wildman–Crippen MR) is 122 cm³/mol. The molecule has 8 heteroatoms. The number of hydrogen-bond acceptors (Lipinski definition) is 5. The highest BCUT2D eigenvalue weighted by Crippen LogP contribution is 2.28. The van der Waals surface area contributed by atoms with Crippen molar-refractivity contribution in [3.8, 4) is 5.75 Å². The topological polar surface area (TPSA) is 84.9 Å². The minimum absolute atomic E-state index is 0.0271. The summed E-state index contributed by atoms with van der Waals surface area (Å²) in [5.74, 6) is 0.422. The number of hydrogen-bond donors (Lipinski definition) is 1. The van der Waals surface area contributed by atoms with Gasteiger partial charge in [0.15, 0.2) is 0 Å². The van der Waals surface area contributed by atoms with E-state index in [1.54, 1.807) is 50.4 Å². The highest BCUT2D eigenvalue weighted by molar-refractivity contribution is 7.92. The van der Waals surface area contributed by atoms with E-state index in [2.05, 4.69) is 5.32 Å². The van der Waals surface area contributed by atoms with Crippen molar-refractivity contribution in [1.29, 1.82) is 0 Å². The molecule has 0 fully saturated rings. The fourth-order valence-corrected chi connectivity index (χ4v) is 4.86. The third-order valence-corrected chi connectivity index (χ3v) is 6.78. The van der Waals surface area contributed by atoms with Gasteiger partial charge in [-0.25, -0.2) is 8.42 Å². The van der Waals surface area contributed by atoms with Crippen molar-refractivity contribution in [2.24, 2.45) is 0 Å². The maximum absolute atomic E-state index is 13.5. The summed E-state index contributed by atoms with van der Waals surface area (Å²) in [4.78, 5) is 12.5. The first kappa shape index (κ1) is 24.7. The number of aryl methyl sites for hydroxylation is 2. The molecular formula is C23H32N2O5S. The SMILES string of the molecule is CCOCCCNC(=O)CCN(c1ccc(OC)cc1)S(=O)(=O)c1ccc(C)cc1C. The second-order valence-corrected chi connectivity index (χ2v) is 9.03. The van der Waals surface area contributed by atoms with E-state index in [0.29, 0.717) is 43.2 Å². The number of carbonyl (C=O) groups excluding carboxylic acids is 1. The molecule has 0 spiro atoms. The van der Waals surface area contributed by atoms with Gasteiger partial charge in [0.25, 0.3) is 10.0 Å². The van der Waals surface area contributed by atoms with Crippen molar-refractivity contribution in [2.75, 3.05) is 37.7 Å². The van der Waals surface area contributed by atoms with Crippen molar-refractivity contribution in [3.63, 3.8) is 0 Å². The summed E-state index contributed by atoms with van der Waals surface area (Å²) < 4.78 is 38.7. The first-order valence-electron chi connectivity index (χ1n) is 10.4. The molecule has 2 aromatic carbocycles. The van der Waals surface area contributed by atoms with Gasteiger partial charge < -0.3 is 14.8 Å². The van der Waals surface area contributed by atoms with Crippen LogP contribution in [0.4, 0.5) is 5.69 Å². The van der Waals surface area contributed by atoms with E-state index >= 15 is 0 Å². The number of ether oxygens (including phenoxy) is 2. The molecule has 0 aliphatic heterocycles. The molecule has 1 amide bonds. The third-order valence-electron chi connectivity index (χ3n) is 4.79. The van der Waals surface area contributed by atoms with Crippen LogP contribution >= 0.6 is 0 Å². The van der Waals surface area contributed by atoms with E-state index in [4.69, 9.17) is 9.47 Å². The highest BCUT2D eigenvalue weighted by atomic mass is 32.2. The molecule has 2 aromatic rings. The Kier molecular flexibility index (Phi) is 9.33. The lowest BCUT2D eigenvalue weighted by atomic mass is 10.2. The monoisotopic (exact) mass is 448 g/mol. The van der Waals surface area contributed by atoms with Gasteiger partial charge in [0.1, 0.15) is 5.75 Å². The summed E-state index contributed by atoms with van der Waals surface area (Å²) in [6.07, 6.45) is 0.757. The van der Waals surface area contributed by atoms with Crippen LogP contribution in [0.15, 0.2) is 47.4 Å². The third kappa shape index (κ3) is 6.97. The van der Waals surface area contributed by atoms with Crippen molar-refractivity contribution in [1.82, 2.24) is 5.32 Å². The predicted octanol–water partition coefficient (Wildman–Crippen LogP) is 3.44. The van der Waals surface area contributed by atoms with Crippen LogP contribution in [-0.2, 0) is 19.6 Å². The van der Waals surface area contributed by atoms with Crippen molar-refractivity contribution in [3.05, 3.63) is 53.6 Å². The summed E-state index contributed by atoms with van der Waals surface area (Å²) in [5, 5.41) is 2.82. The molecule has 0 atom stereocenters. The molecule has 0 aromatic heterocycles. The number of anilines is 1. The average molecular weight is 449 g/mol. The van der Waals surface area contributed by atoms with Crippen LogP contribution < -0.4 is 14.4 Å². The molecule has 31 heavy (non-hydrogen) atoms. The Bertz CT molecular complexity index is 958. The van der Waals surface area contributed by atoms with Crippen molar-refractivity contribution in [2.45, 2.75) is 38.5 Å². The van der Waals surface area contributed by atoms with Gasteiger partial charge in [-0.2, -0.15) is 0 Å². The minimum atomic E-state index is -3.86. The normalized spacial score (nSPS) is 11.2. The molecule has 0 heterocycles. The van der Waals surface area contributed by atoms with Gasteiger partial charge >= 0.3 is 0 Å². The average Bonchev–Trinajstić information content (AvgIpc) is 2.73. The van der Waals surface area contributed by atoms with Crippen LogP contribution in [0.2, 0.25) is 0 Å². The fourth-order valence-electron chi connectivity index (χ4n) is 3.18. The zero-order chi connectivity index (χ0) is 22.9. The summed E-state index contributed by atoms with van der Waals surface area (Å²) in [5.41, 5.74) is 2.13. The maximum Gasteiger partial charge on any atom is 0.264 e. The zero-order valence-corrected chi connectivity index (χ0v) is 19.5. The summed E-state index contributed by atoms with van der Waals surface area (Å²) in [6, 6.07) is 12.0. The molecule has 0 saturated heterocycles. The first-order chi connectivity index (χ1) is 14.8. The zero-order valence-electron chi connectivity index (χ0n) is 18.7. The fraction of sp³-hybridized carbons (Fsp3) is 0.435. The number of benzene rings is 2. The maximum atomic E-state index is 13.5. The van der Waals surface area contributed by atoms with Crippen molar-refractivity contribution >= 4 is 21.6 Å². The van der Waals surface area contributed by atoms with Gasteiger partial charge in [-0.1, -0.05) is 17.7 Å². The molecule has 0 bridgehead atoms. The Morgan fingerprint density at radius 1 is 1.10 bits per heavy atom. The standard InChI is InChI=1S/C23H32N2O5S/c1-5-30-16-6-14-24-23(26)13-15-25(20-8-10-21(29-4)11-9-20)31(27,28)22-12-7-18(2)17-19(22)3/h7-12,17H,5-6,13-16H2,1-4H3,(H,24,26). The van der Waals surface area contributed by atoms with Crippen molar-refractivity contribution < 1.29 is 22.7 Å². The smallest absolute Gasteiger partial charge is 0.264 e. The van der Waals surface area contributed by atoms with E-state index in [-0.39, 0.29) is 23.8 Å². The Hall–Kier alpha value is -2.58. The largest absolute Gasteiger partial charge is 0.497 e. The summed E-state index contributed by atoms with van der Waals surface area (Å²) in [6.45, 7) is 7.35. The Morgan fingerprint density at radius 3 is 2.42 bits per heavy atom. The van der Waals surface area contributed by atoms with E-state index in [0.717, 1.165) is 5.56 Å². The Labute approximate surface area is 185 Å². The quantitative estimate of drug-likeness (QED) is 0.503. The molecule has 0 aliphatic rings. The van der Waals surface area contributed by atoms with Gasteiger partial charge in [-0.15, -0.1) is 0 Å². The summed E-state index contributed by atoms with van der Waals surface area (Å²) >= 11 is 0. The molecular weight excluding hydrogens is 416 g/mol. The van der Waals surface area contributed by atoms with Crippen LogP contribution in [0.5, 0.6) is 5.75 Å². The number of rotatable bonds is 12. The van der Waals surface area contributed by atoms with Crippen LogP contribution in [0.25, 0.3) is 0 Å². The van der Waals surface area contributed by atoms with E-state index in [1.807, 2.05) is 19.9 Å². The minimum Gasteiger partial charge on any atom is -0.497 e. The molecule has 0 unspecified atom stereocenters.